The standard InChI is InChI=1S/C23H32N4O3/c1-23(2,3)30-22(29)27-15-9-13-20(27)21(28)26(4)14-8-12-18-16-19(25-24-18)17-10-6-5-7-11-17/h5-7,10-11,16,20H,8-9,12-15H2,1-4H3,(H,24,25). The Balaban J connectivity index is 1.50. The number of nitrogens with zero attached hydrogens (tertiary/aromatic N) is 3. The van der Waals surface area contributed by atoms with E-state index in [0.717, 1.165) is 36.2 Å². The maximum Gasteiger partial charge on any atom is 0.410 e. The normalized spacial score (nSPS) is 16.5. The van der Waals surface area contributed by atoms with E-state index in [1.807, 2.05) is 51.1 Å². The van der Waals surface area contributed by atoms with Crippen molar-refractivity contribution in [2.45, 2.75) is 58.1 Å². The van der Waals surface area contributed by atoms with E-state index in [1.165, 1.54) is 0 Å². The van der Waals surface area contributed by atoms with Crippen molar-refractivity contribution < 1.29 is 14.3 Å². The predicted molar refractivity (Wildman–Crippen MR) is 116 cm³/mol. The van der Waals surface area contributed by atoms with Gasteiger partial charge in [0.25, 0.3) is 0 Å². The van der Waals surface area contributed by atoms with Crippen molar-refractivity contribution in [3.05, 3.63) is 42.1 Å². The molecule has 162 valence electrons. The fourth-order valence-corrected chi connectivity index (χ4v) is 3.68. The molecule has 1 aromatic carbocycles. The average molecular weight is 413 g/mol. The van der Waals surface area contributed by atoms with Crippen molar-refractivity contribution in [3.63, 3.8) is 0 Å². The van der Waals surface area contributed by atoms with Crippen LogP contribution in [0.5, 0.6) is 0 Å². The van der Waals surface area contributed by atoms with Gasteiger partial charge in [-0.15, -0.1) is 0 Å². The molecule has 30 heavy (non-hydrogen) atoms. The number of aromatic nitrogens is 2. The van der Waals surface area contributed by atoms with Crippen LogP contribution in [-0.4, -0.2) is 63.8 Å². The summed E-state index contributed by atoms with van der Waals surface area (Å²) < 4.78 is 5.46. The number of hydrogen-bond donors (Lipinski definition) is 1. The number of H-pyrrole nitrogens is 1. The van der Waals surface area contributed by atoms with Gasteiger partial charge in [0.2, 0.25) is 5.91 Å². The monoisotopic (exact) mass is 412 g/mol. The molecule has 0 radical (unpaired) electrons. The third-order valence-electron chi connectivity index (χ3n) is 5.18. The van der Waals surface area contributed by atoms with Crippen LogP contribution in [0.1, 0.15) is 45.7 Å². The average Bonchev–Trinajstić information content (AvgIpc) is 3.36. The molecular formula is C23H32N4O3. The van der Waals surface area contributed by atoms with E-state index in [4.69, 9.17) is 4.74 Å². The number of likely N-dealkylation sites (N-methyl/N-ethyl adjacent to an activating group) is 1. The molecule has 1 fully saturated rings. The molecule has 1 atom stereocenters. The van der Waals surface area contributed by atoms with Crippen LogP contribution in [0.2, 0.25) is 0 Å². The van der Waals surface area contributed by atoms with Crippen LogP contribution in [-0.2, 0) is 16.0 Å². The molecule has 1 unspecified atom stereocenters. The number of ether oxygens (including phenoxy) is 1. The molecule has 7 nitrogen and oxygen atoms in total. The summed E-state index contributed by atoms with van der Waals surface area (Å²) in [5.41, 5.74) is 2.48. The van der Waals surface area contributed by atoms with Gasteiger partial charge in [0.15, 0.2) is 0 Å². The highest BCUT2D eigenvalue weighted by molar-refractivity contribution is 5.86. The molecule has 0 aliphatic carbocycles. The SMILES string of the molecule is CN(CCCc1cc(-c2ccccc2)n[nH]1)C(=O)C1CCCN1C(=O)OC(C)(C)C. The quantitative estimate of drug-likeness (QED) is 0.781. The van der Waals surface area contributed by atoms with Crippen molar-refractivity contribution in [1.82, 2.24) is 20.0 Å². The number of hydrogen-bond acceptors (Lipinski definition) is 4. The Bertz CT molecular complexity index is 857. The van der Waals surface area contributed by atoms with E-state index < -0.39 is 17.7 Å². The van der Waals surface area contributed by atoms with Crippen LogP contribution in [0.25, 0.3) is 11.3 Å². The van der Waals surface area contributed by atoms with Gasteiger partial charge in [0.05, 0.1) is 5.69 Å². The maximum atomic E-state index is 12.9. The summed E-state index contributed by atoms with van der Waals surface area (Å²) in [7, 11) is 1.80. The Kier molecular flexibility index (Phi) is 6.80. The number of rotatable bonds is 6. The minimum atomic E-state index is -0.568. The molecule has 1 aromatic heterocycles. The topological polar surface area (TPSA) is 78.5 Å². The zero-order chi connectivity index (χ0) is 21.7. The highest BCUT2D eigenvalue weighted by atomic mass is 16.6. The Labute approximate surface area is 178 Å². The largest absolute Gasteiger partial charge is 0.444 e. The number of carbonyl (C=O) groups excluding carboxylic acids is 2. The lowest BCUT2D eigenvalue weighted by atomic mass is 10.1. The summed E-state index contributed by atoms with van der Waals surface area (Å²) in [4.78, 5) is 28.7. The summed E-state index contributed by atoms with van der Waals surface area (Å²) in [6.45, 7) is 6.69. The summed E-state index contributed by atoms with van der Waals surface area (Å²) in [5, 5.41) is 7.46. The summed E-state index contributed by atoms with van der Waals surface area (Å²) >= 11 is 0. The summed E-state index contributed by atoms with van der Waals surface area (Å²) in [6.07, 6.45) is 2.72. The van der Waals surface area contributed by atoms with Crippen LogP contribution < -0.4 is 0 Å². The number of benzene rings is 1. The van der Waals surface area contributed by atoms with Gasteiger partial charge < -0.3 is 9.64 Å². The van der Waals surface area contributed by atoms with Crippen molar-refractivity contribution in [2.75, 3.05) is 20.1 Å². The number of aryl methyl sites for hydroxylation is 1. The molecule has 3 rings (SSSR count). The number of nitrogens with one attached hydrogen (secondary N) is 1. The highest BCUT2D eigenvalue weighted by Crippen LogP contribution is 2.22. The third-order valence-corrected chi connectivity index (χ3v) is 5.18. The molecule has 2 amide bonds. The fourth-order valence-electron chi connectivity index (χ4n) is 3.68. The molecule has 1 aliphatic heterocycles. The second-order valence-electron chi connectivity index (χ2n) is 8.84. The molecular weight excluding hydrogens is 380 g/mol. The first-order valence-electron chi connectivity index (χ1n) is 10.6. The van der Waals surface area contributed by atoms with Crippen molar-refractivity contribution in [2.24, 2.45) is 0 Å². The second kappa shape index (κ2) is 9.32. The minimum absolute atomic E-state index is 0.0204. The lowest BCUT2D eigenvalue weighted by Gasteiger charge is -2.30. The minimum Gasteiger partial charge on any atom is -0.444 e. The van der Waals surface area contributed by atoms with Gasteiger partial charge in [0, 0.05) is 31.4 Å². The molecule has 0 saturated carbocycles. The second-order valence-corrected chi connectivity index (χ2v) is 8.84. The van der Waals surface area contributed by atoms with Crippen LogP contribution in [0.3, 0.4) is 0 Å². The molecule has 2 heterocycles. The van der Waals surface area contributed by atoms with Crippen molar-refractivity contribution in [3.8, 4) is 11.3 Å². The Morgan fingerprint density at radius 3 is 2.70 bits per heavy atom. The van der Waals surface area contributed by atoms with Gasteiger partial charge in [-0.1, -0.05) is 30.3 Å². The predicted octanol–water partition coefficient (Wildman–Crippen LogP) is 3.87. The van der Waals surface area contributed by atoms with Gasteiger partial charge >= 0.3 is 6.09 Å². The molecule has 2 aromatic rings. The number of amides is 2. The molecule has 1 aliphatic rings. The molecule has 1 N–H and O–H groups in total. The number of likely N-dealkylation sites (tertiary alicyclic amines) is 1. The number of aromatic amines is 1. The zero-order valence-corrected chi connectivity index (χ0v) is 18.4. The van der Waals surface area contributed by atoms with Gasteiger partial charge in [0.1, 0.15) is 11.6 Å². The van der Waals surface area contributed by atoms with Crippen LogP contribution in [0.15, 0.2) is 36.4 Å². The van der Waals surface area contributed by atoms with Gasteiger partial charge in [-0.2, -0.15) is 5.10 Å². The Morgan fingerprint density at radius 2 is 2.00 bits per heavy atom. The Morgan fingerprint density at radius 1 is 1.27 bits per heavy atom. The van der Waals surface area contributed by atoms with E-state index in [-0.39, 0.29) is 5.91 Å². The van der Waals surface area contributed by atoms with Crippen molar-refractivity contribution >= 4 is 12.0 Å². The third kappa shape index (κ3) is 5.62. The van der Waals surface area contributed by atoms with E-state index in [1.54, 1.807) is 16.8 Å². The lowest BCUT2D eigenvalue weighted by Crippen LogP contribution is -2.48. The van der Waals surface area contributed by atoms with E-state index in [2.05, 4.69) is 16.3 Å². The van der Waals surface area contributed by atoms with E-state index in [9.17, 15) is 9.59 Å². The Hall–Kier alpha value is -2.83. The first-order chi connectivity index (χ1) is 14.2. The van der Waals surface area contributed by atoms with Crippen LogP contribution in [0.4, 0.5) is 4.79 Å². The van der Waals surface area contributed by atoms with Gasteiger partial charge in [-0.05, 0) is 52.5 Å². The van der Waals surface area contributed by atoms with Crippen LogP contribution >= 0.6 is 0 Å². The number of carbonyl (C=O) groups is 2. The smallest absolute Gasteiger partial charge is 0.410 e. The van der Waals surface area contributed by atoms with Crippen LogP contribution in [0, 0.1) is 0 Å². The summed E-state index contributed by atoms with van der Waals surface area (Å²) in [5.74, 6) is -0.0204. The fraction of sp³-hybridized carbons (Fsp3) is 0.522. The van der Waals surface area contributed by atoms with E-state index in [0.29, 0.717) is 19.5 Å². The molecule has 1 saturated heterocycles. The molecule has 7 heteroatoms. The lowest BCUT2D eigenvalue weighted by molar-refractivity contribution is -0.134. The zero-order valence-electron chi connectivity index (χ0n) is 18.4. The van der Waals surface area contributed by atoms with Gasteiger partial charge in [-0.25, -0.2) is 4.79 Å². The van der Waals surface area contributed by atoms with E-state index >= 15 is 0 Å². The molecule has 0 spiro atoms. The molecule has 0 bridgehead atoms. The highest BCUT2D eigenvalue weighted by Gasteiger charge is 2.37. The first-order valence-corrected chi connectivity index (χ1v) is 10.6. The van der Waals surface area contributed by atoms with Gasteiger partial charge in [-0.3, -0.25) is 14.8 Å². The summed E-state index contributed by atoms with van der Waals surface area (Å²) in [6, 6.07) is 11.7. The first kappa shape index (κ1) is 21.9. The maximum absolute atomic E-state index is 12.9. The van der Waals surface area contributed by atoms with Crippen molar-refractivity contribution in [1.29, 1.82) is 0 Å².